The van der Waals surface area contributed by atoms with E-state index in [2.05, 4.69) is 13.8 Å². The first kappa shape index (κ1) is 22.1. The highest BCUT2D eigenvalue weighted by Crippen LogP contribution is 2.63. The van der Waals surface area contributed by atoms with Gasteiger partial charge < -0.3 is 19.7 Å². The molecule has 0 aromatic rings. The number of hydrogen-bond donors (Lipinski definition) is 2. The highest BCUT2D eigenvalue weighted by Gasteiger charge is 2.63. The molecule has 0 aromatic carbocycles. The molecule has 0 amide bonds. The van der Waals surface area contributed by atoms with E-state index < -0.39 is 12.2 Å². The number of rotatable bonds is 3. The van der Waals surface area contributed by atoms with Crippen LogP contribution in [0.3, 0.4) is 0 Å². The molecule has 0 aromatic heterocycles. The van der Waals surface area contributed by atoms with E-state index in [1.165, 1.54) is 0 Å². The molecular formula is C24H38O6. The summed E-state index contributed by atoms with van der Waals surface area (Å²) in [6.07, 6.45) is 3.15. The molecule has 4 fully saturated rings. The highest BCUT2D eigenvalue weighted by atomic mass is 16.5. The minimum atomic E-state index is -0.864. The van der Waals surface area contributed by atoms with Crippen LogP contribution < -0.4 is 0 Å². The summed E-state index contributed by atoms with van der Waals surface area (Å²) in [6, 6.07) is 0. The molecule has 0 radical (unpaired) electrons. The lowest BCUT2D eigenvalue weighted by atomic mass is 9.49. The average Bonchev–Trinajstić information content (AvgIpc) is 2.93. The van der Waals surface area contributed by atoms with Crippen molar-refractivity contribution in [2.24, 2.45) is 40.4 Å². The van der Waals surface area contributed by atoms with Gasteiger partial charge in [0.15, 0.2) is 0 Å². The zero-order valence-corrected chi connectivity index (χ0v) is 18.8. The maximum absolute atomic E-state index is 12.8. The molecule has 3 aliphatic carbocycles. The second-order valence-electron chi connectivity index (χ2n) is 11.3. The number of ether oxygens (including phenoxy) is 2. The Hall–Kier alpha value is -1.14. The molecule has 4 rings (SSSR count). The lowest BCUT2D eigenvalue weighted by molar-refractivity contribution is -0.165. The van der Waals surface area contributed by atoms with Crippen molar-refractivity contribution in [2.45, 2.75) is 91.0 Å². The Labute approximate surface area is 179 Å². The molecule has 1 aliphatic heterocycles. The smallest absolute Gasteiger partial charge is 0.309 e. The van der Waals surface area contributed by atoms with Gasteiger partial charge in [-0.3, -0.25) is 9.59 Å². The third-order valence-electron chi connectivity index (χ3n) is 9.11. The van der Waals surface area contributed by atoms with Crippen molar-refractivity contribution in [2.75, 3.05) is 6.61 Å². The number of aliphatic hydroxyl groups excluding tert-OH is 2. The summed E-state index contributed by atoms with van der Waals surface area (Å²) < 4.78 is 11.7. The lowest BCUT2D eigenvalue weighted by Crippen LogP contribution is -2.55. The van der Waals surface area contributed by atoms with Crippen molar-refractivity contribution in [3.63, 3.8) is 0 Å². The average molecular weight is 423 g/mol. The summed E-state index contributed by atoms with van der Waals surface area (Å²) in [7, 11) is 0. The van der Waals surface area contributed by atoms with Crippen LogP contribution in [0.25, 0.3) is 0 Å². The number of carbonyl (C=O) groups is 2. The first-order valence-electron chi connectivity index (χ1n) is 11.8. The summed E-state index contributed by atoms with van der Waals surface area (Å²) in [5.74, 6) is 0.389. The van der Waals surface area contributed by atoms with E-state index in [1.54, 1.807) is 0 Å². The van der Waals surface area contributed by atoms with Gasteiger partial charge in [-0.15, -0.1) is 0 Å². The van der Waals surface area contributed by atoms with Crippen LogP contribution in [0.4, 0.5) is 0 Å². The Morgan fingerprint density at radius 2 is 1.83 bits per heavy atom. The second kappa shape index (κ2) is 7.77. The molecular weight excluding hydrogens is 384 g/mol. The maximum atomic E-state index is 12.8. The van der Waals surface area contributed by atoms with Crippen molar-refractivity contribution < 1.29 is 29.3 Å². The van der Waals surface area contributed by atoms with Crippen LogP contribution in [0, 0.1) is 40.4 Å². The fourth-order valence-corrected chi connectivity index (χ4v) is 7.48. The molecule has 0 bridgehead atoms. The molecule has 1 saturated heterocycles. The Morgan fingerprint density at radius 3 is 2.53 bits per heavy atom. The molecule has 2 N–H and O–H groups in total. The van der Waals surface area contributed by atoms with Gasteiger partial charge >= 0.3 is 11.9 Å². The van der Waals surface area contributed by atoms with E-state index in [0.29, 0.717) is 25.4 Å². The van der Waals surface area contributed by atoms with Gasteiger partial charge in [0.25, 0.3) is 0 Å². The van der Waals surface area contributed by atoms with Crippen LogP contribution >= 0.6 is 0 Å². The molecule has 170 valence electrons. The monoisotopic (exact) mass is 422 g/mol. The first-order chi connectivity index (χ1) is 14.1. The van der Waals surface area contributed by atoms with Crippen molar-refractivity contribution in [1.82, 2.24) is 0 Å². The van der Waals surface area contributed by atoms with Gasteiger partial charge in [0.2, 0.25) is 0 Å². The lowest BCUT2D eigenvalue weighted by Gasteiger charge is -2.55. The van der Waals surface area contributed by atoms with Crippen LogP contribution in [0.15, 0.2) is 0 Å². The first-order valence-corrected chi connectivity index (χ1v) is 11.8. The van der Waals surface area contributed by atoms with E-state index in [4.69, 9.17) is 9.47 Å². The van der Waals surface area contributed by atoms with Gasteiger partial charge in [0.05, 0.1) is 24.7 Å². The number of hydrogen-bond acceptors (Lipinski definition) is 6. The largest absolute Gasteiger partial charge is 0.465 e. The summed E-state index contributed by atoms with van der Waals surface area (Å²) in [6.45, 7) is 8.82. The van der Waals surface area contributed by atoms with E-state index in [1.807, 2.05) is 13.8 Å². The van der Waals surface area contributed by atoms with Crippen molar-refractivity contribution >= 4 is 11.9 Å². The molecule has 3 saturated carbocycles. The maximum Gasteiger partial charge on any atom is 0.309 e. The predicted octanol–water partition coefficient (Wildman–Crippen LogP) is 3.08. The van der Waals surface area contributed by atoms with Gasteiger partial charge in [-0.25, -0.2) is 0 Å². The molecule has 30 heavy (non-hydrogen) atoms. The van der Waals surface area contributed by atoms with Gasteiger partial charge in [-0.2, -0.15) is 0 Å². The van der Waals surface area contributed by atoms with Crippen molar-refractivity contribution in [3.8, 4) is 0 Å². The van der Waals surface area contributed by atoms with Gasteiger partial charge in [-0.05, 0) is 67.6 Å². The van der Waals surface area contributed by atoms with Crippen LogP contribution in [-0.2, 0) is 19.1 Å². The summed E-state index contributed by atoms with van der Waals surface area (Å²) >= 11 is 0. The Morgan fingerprint density at radius 1 is 1.13 bits per heavy atom. The molecule has 1 heterocycles. The molecule has 0 spiro atoms. The summed E-state index contributed by atoms with van der Waals surface area (Å²) in [4.78, 5) is 25.2. The minimum absolute atomic E-state index is 0.0731. The van der Waals surface area contributed by atoms with Crippen molar-refractivity contribution in [3.05, 3.63) is 0 Å². The molecule has 6 nitrogen and oxygen atoms in total. The zero-order valence-electron chi connectivity index (χ0n) is 18.8. The van der Waals surface area contributed by atoms with E-state index in [0.717, 1.165) is 25.7 Å². The van der Waals surface area contributed by atoms with E-state index in [-0.39, 0.29) is 59.0 Å². The van der Waals surface area contributed by atoms with E-state index >= 15 is 0 Å². The Balaban J connectivity index is 1.58. The molecule has 9 atom stereocenters. The minimum Gasteiger partial charge on any atom is -0.465 e. The molecule has 4 aliphatic rings. The molecule has 6 heteroatoms. The number of carbonyl (C=O) groups excluding carboxylic acids is 2. The topological polar surface area (TPSA) is 93.1 Å². The fraction of sp³-hybridized carbons (Fsp3) is 0.917. The fourth-order valence-electron chi connectivity index (χ4n) is 7.48. The predicted molar refractivity (Wildman–Crippen MR) is 110 cm³/mol. The van der Waals surface area contributed by atoms with Crippen molar-refractivity contribution in [1.29, 1.82) is 0 Å². The summed E-state index contributed by atoms with van der Waals surface area (Å²) in [5, 5.41) is 20.6. The summed E-state index contributed by atoms with van der Waals surface area (Å²) in [5.41, 5.74) is -0.464. The van der Waals surface area contributed by atoms with Crippen LogP contribution in [-0.4, -0.2) is 47.1 Å². The Kier molecular flexibility index (Phi) is 5.72. The highest BCUT2D eigenvalue weighted by molar-refractivity contribution is 5.74. The number of fused-ring (bicyclic) bond motifs is 5. The number of aliphatic hydroxyl groups is 2. The van der Waals surface area contributed by atoms with Crippen LogP contribution in [0.5, 0.6) is 0 Å². The van der Waals surface area contributed by atoms with Gasteiger partial charge in [0, 0.05) is 11.8 Å². The van der Waals surface area contributed by atoms with Crippen LogP contribution in [0.2, 0.25) is 0 Å². The quantitative estimate of drug-likeness (QED) is 0.679. The third-order valence-corrected chi connectivity index (χ3v) is 9.11. The zero-order chi connectivity index (χ0) is 21.8. The van der Waals surface area contributed by atoms with Gasteiger partial charge in [0.1, 0.15) is 6.10 Å². The third kappa shape index (κ3) is 3.48. The Bertz CT molecular complexity index is 691. The molecule has 0 unspecified atom stereocenters. The number of esters is 2. The normalized spacial score (nSPS) is 48.2. The second-order valence-corrected chi connectivity index (χ2v) is 11.3. The standard InChI is InChI=1S/C24H38O6/c1-13(2)9-21(27)30-20-6-5-15-14-12-29-22(28)17-10-18(25)19(26)11-24(17,4)16(14)7-8-23(15,20)3/h13-20,25-26H,5-12H2,1-4H3/t14-,15-,16-,17+,18-,19+,20-,23-,24+/m0/s1. The number of cyclic esters (lactones) is 1. The SMILES string of the molecule is CC(C)CC(=O)O[C@H]1CC[C@H]2[C@@H]3COC(=O)[C@H]4C[C@H](O)[C@H](O)C[C@]4(C)[C@H]3CC[C@]12C. The van der Waals surface area contributed by atoms with E-state index in [9.17, 15) is 19.8 Å². The van der Waals surface area contributed by atoms with Crippen LogP contribution in [0.1, 0.15) is 72.6 Å². The van der Waals surface area contributed by atoms with Gasteiger partial charge in [-0.1, -0.05) is 27.7 Å².